The van der Waals surface area contributed by atoms with Gasteiger partial charge >= 0.3 is 6.18 Å². The molecule has 1 saturated heterocycles. The number of halogens is 3. The summed E-state index contributed by atoms with van der Waals surface area (Å²) in [7, 11) is 1.53. The molecule has 1 fully saturated rings. The van der Waals surface area contributed by atoms with Crippen LogP contribution in [0.2, 0.25) is 0 Å². The Hall–Kier alpha value is -3.86. The van der Waals surface area contributed by atoms with E-state index in [4.69, 9.17) is 9.47 Å². The highest BCUT2D eigenvalue weighted by molar-refractivity contribution is 6.03. The van der Waals surface area contributed by atoms with Crippen LogP contribution in [-0.2, 0) is 15.7 Å². The van der Waals surface area contributed by atoms with E-state index in [1.807, 2.05) is 0 Å². The van der Waals surface area contributed by atoms with Crippen molar-refractivity contribution in [3.63, 3.8) is 0 Å². The fraction of sp³-hybridized carbons (Fsp3) is 0.261. The molecule has 2 amide bonds. The summed E-state index contributed by atoms with van der Waals surface area (Å²) in [5, 5.41) is 8.83. The fourth-order valence-electron chi connectivity index (χ4n) is 3.48. The number of nitrogens with zero attached hydrogens (tertiary/aromatic N) is 2. The van der Waals surface area contributed by atoms with Gasteiger partial charge in [-0.05, 0) is 61.4 Å². The first kappa shape index (κ1) is 23.3. The highest BCUT2D eigenvalue weighted by Crippen LogP contribution is 2.37. The number of amides is 2. The van der Waals surface area contributed by atoms with E-state index in [2.05, 4.69) is 15.7 Å². The van der Waals surface area contributed by atoms with Gasteiger partial charge in [-0.25, -0.2) is 4.68 Å². The number of benzene rings is 2. The van der Waals surface area contributed by atoms with Crippen LogP contribution < -0.4 is 15.4 Å². The lowest BCUT2D eigenvalue weighted by atomic mass is 10.1. The van der Waals surface area contributed by atoms with Crippen molar-refractivity contribution < 1.29 is 32.2 Å². The van der Waals surface area contributed by atoms with Crippen LogP contribution in [0, 0.1) is 0 Å². The zero-order valence-electron chi connectivity index (χ0n) is 18.1. The molecule has 178 valence electrons. The lowest BCUT2D eigenvalue weighted by molar-refractivity contribution is -0.137. The van der Waals surface area contributed by atoms with Gasteiger partial charge in [0.05, 0.1) is 24.0 Å². The molecule has 1 atom stereocenters. The fourth-order valence-corrected chi connectivity index (χ4v) is 3.48. The van der Waals surface area contributed by atoms with Gasteiger partial charge in [0.1, 0.15) is 11.9 Å². The van der Waals surface area contributed by atoms with Crippen molar-refractivity contribution in [1.29, 1.82) is 0 Å². The maximum Gasteiger partial charge on any atom is 0.418 e. The van der Waals surface area contributed by atoms with E-state index in [0.717, 1.165) is 12.1 Å². The van der Waals surface area contributed by atoms with E-state index in [1.165, 1.54) is 30.1 Å². The molecule has 3 aromatic rings. The van der Waals surface area contributed by atoms with Gasteiger partial charge in [0.25, 0.3) is 11.8 Å². The van der Waals surface area contributed by atoms with Gasteiger partial charge < -0.3 is 20.1 Å². The summed E-state index contributed by atoms with van der Waals surface area (Å²) in [6.07, 6.45) is -2.71. The zero-order valence-corrected chi connectivity index (χ0v) is 18.1. The SMILES string of the molecule is COc1ccc(-n2ccc(C(=O)Nc3ccc(NC(=O)C4CCCO4)cc3C(F)(F)F)n2)cc1. The van der Waals surface area contributed by atoms with Crippen molar-refractivity contribution in [2.24, 2.45) is 0 Å². The molecule has 1 aliphatic rings. The molecule has 2 aromatic carbocycles. The number of carbonyl (C=O) groups is 2. The first-order valence-electron chi connectivity index (χ1n) is 10.4. The van der Waals surface area contributed by atoms with Crippen LogP contribution >= 0.6 is 0 Å². The third-order valence-corrected chi connectivity index (χ3v) is 5.22. The Morgan fingerprint density at radius 2 is 1.88 bits per heavy atom. The minimum Gasteiger partial charge on any atom is -0.497 e. The van der Waals surface area contributed by atoms with Gasteiger partial charge in [-0.1, -0.05) is 0 Å². The largest absolute Gasteiger partial charge is 0.497 e. The van der Waals surface area contributed by atoms with Crippen molar-refractivity contribution in [3.8, 4) is 11.4 Å². The molecule has 8 nitrogen and oxygen atoms in total. The lowest BCUT2D eigenvalue weighted by Gasteiger charge is -2.16. The second-order valence-corrected chi connectivity index (χ2v) is 7.55. The van der Waals surface area contributed by atoms with E-state index in [0.29, 0.717) is 30.9 Å². The molecule has 4 rings (SSSR count). The van der Waals surface area contributed by atoms with Gasteiger partial charge in [0, 0.05) is 18.5 Å². The summed E-state index contributed by atoms with van der Waals surface area (Å²) in [5.74, 6) is -0.677. The summed E-state index contributed by atoms with van der Waals surface area (Å²) in [5.41, 5.74) is -1.02. The topological polar surface area (TPSA) is 94.5 Å². The first-order chi connectivity index (χ1) is 16.2. The van der Waals surface area contributed by atoms with Crippen molar-refractivity contribution in [1.82, 2.24) is 9.78 Å². The first-order valence-corrected chi connectivity index (χ1v) is 10.4. The van der Waals surface area contributed by atoms with Crippen LogP contribution in [0.3, 0.4) is 0 Å². The van der Waals surface area contributed by atoms with Crippen LogP contribution in [0.1, 0.15) is 28.9 Å². The number of alkyl halides is 3. The van der Waals surface area contributed by atoms with Gasteiger partial charge in [-0.3, -0.25) is 9.59 Å². The molecule has 34 heavy (non-hydrogen) atoms. The number of hydrogen-bond donors (Lipinski definition) is 2. The van der Waals surface area contributed by atoms with Crippen molar-refractivity contribution in [2.75, 3.05) is 24.4 Å². The van der Waals surface area contributed by atoms with Crippen molar-refractivity contribution in [3.05, 3.63) is 66.0 Å². The molecule has 0 aliphatic carbocycles. The Morgan fingerprint density at radius 3 is 2.53 bits per heavy atom. The molecule has 1 unspecified atom stereocenters. The minimum absolute atomic E-state index is 0.0467. The second-order valence-electron chi connectivity index (χ2n) is 7.55. The van der Waals surface area contributed by atoms with Crippen LogP contribution in [0.15, 0.2) is 54.7 Å². The molecule has 0 radical (unpaired) electrons. The summed E-state index contributed by atoms with van der Waals surface area (Å²) < 4.78 is 52.8. The predicted octanol–water partition coefficient (Wildman–Crippen LogP) is 4.27. The lowest BCUT2D eigenvalue weighted by Crippen LogP contribution is -2.27. The normalized spacial score (nSPS) is 15.7. The molecule has 0 spiro atoms. The summed E-state index contributed by atoms with van der Waals surface area (Å²) >= 11 is 0. The van der Waals surface area contributed by atoms with E-state index >= 15 is 0 Å². The van der Waals surface area contributed by atoms with Crippen molar-refractivity contribution in [2.45, 2.75) is 25.1 Å². The standard InChI is InChI=1S/C23H21F3N4O4/c1-33-16-7-5-15(6-8-16)30-11-10-19(29-30)21(31)28-18-9-4-14(13-17(18)23(24,25)26)27-22(32)20-3-2-12-34-20/h4-11,13,20H,2-3,12H2,1H3,(H,27,32)(H,28,31). The minimum atomic E-state index is -4.77. The highest BCUT2D eigenvalue weighted by atomic mass is 19.4. The molecule has 1 aliphatic heterocycles. The van der Waals surface area contributed by atoms with E-state index in [1.54, 1.807) is 24.3 Å². The zero-order chi connectivity index (χ0) is 24.3. The van der Waals surface area contributed by atoms with Crippen LogP contribution in [0.25, 0.3) is 5.69 Å². The summed E-state index contributed by atoms with van der Waals surface area (Å²) in [6, 6.07) is 11.4. The quantitative estimate of drug-likeness (QED) is 0.557. The molecule has 0 bridgehead atoms. The highest BCUT2D eigenvalue weighted by Gasteiger charge is 2.35. The third-order valence-electron chi connectivity index (χ3n) is 5.22. The van der Waals surface area contributed by atoms with Gasteiger partial charge in [0.15, 0.2) is 5.69 Å². The average molecular weight is 474 g/mol. The van der Waals surface area contributed by atoms with Gasteiger partial charge in [0.2, 0.25) is 0 Å². The maximum atomic E-state index is 13.7. The molecule has 2 heterocycles. The van der Waals surface area contributed by atoms with Crippen molar-refractivity contribution >= 4 is 23.2 Å². The molecular formula is C23H21F3N4O4. The number of carbonyl (C=O) groups excluding carboxylic acids is 2. The Balaban J connectivity index is 1.51. The number of ether oxygens (including phenoxy) is 2. The average Bonchev–Trinajstić information content (AvgIpc) is 3.52. The molecule has 0 saturated carbocycles. The number of nitrogens with one attached hydrogen (secondary N) is 2. The number of anilines is 2. The van der Waals surface area contributed by atoms with Gasteiger partial charge in [-0.2, -0.15) is 18.3 Å². The van der Waals surface area contributed by atoms with E-state index in [9.17, 15) is 22.8 Å². The Kier molecular flexibility index (Phi) is 6.55. The van der Waals surface area contributed by atoms with Crippen LogP contribution in [-0.4, -0.2) is 41.4 Å². The van der Waals surface area contributed by atoms with E-state index < -0.39 is 35.3 Å². The predicted molar refractivity (Wildman–Crippen MR) is 117 cm³/mol. The summed E-state index contributed by atoms with van der Waals surface area (Å²) in [6.45, 7) is 0.436. The Bertz CT molecular complexity index is 1190. The van der Waals surface area contributed by atoms with Crippen LogP contribution in [0.4, 0.5) is 24.5 Å². The summed E-state index contributed by atoms with van der Waals surface area (Å²) in [4.78, 5) is 24.8. The molecule has 11 heteroatoms. The molecular weight excluding hydrogens is 453 g/mol. The monoisotopic (exact) mass is 474 g/mol. The number of aromatic nitrogens is 2. The number of hydrogen-bond acceptors (Lipinski definition) is 5. The van der Waals surface area contributed by atoms with Crippen LogP contribution in [0.5, 0.6) is 5.75 Å². The third kappa shape index (κ3) is 5.20. The Morgan fingerprint density at radius 1 is 1.12 bits per heavy atom. The maximum absolute atomic E-state index is 13.7. The number of rotatable bonds is 6. The van der Waals surface area contributed by atoms with Gasteiger partial charge in [-0.15, -0.1) is 0 Å². The smallest absolute Gasteiger partial charge is 0.418 e. The second kappa shape index (κ2) is 9.56. The Labute approximate surface area is 192 Å². The van der Waals surface area contributed by atoms with E-state index in [-0.39, 0.29) is 11.4 Å². The number of methoxy groups -OCH3 is 1. The molecule has 2 N–H and O–H groups in total. The molecule has 1 aromatic heterocycles.